The predicted octanol–water partition coefficient (Wildman–Crippen LogP) is 1.18. The number of aliphatic hydroxyl groups is 1. The fraction of sp³-hybridized carbons (Fsp3) is 0.889. The van der Waals surface area contributed by atoms with Crippen molar-refractivity contribution in [1.82, 2.24) is 0 Å². The second-order valence-electron chi connectivity index (χ2n) is 3.00. The Morgan fingerprint density at radius 2 is 1.81 bits per heavy atom. The fourth-order valence-corrected chi connectivity index (χ4v) is 2.77. The molecule has 0 radical (unpaired) electrons. The van der Waals surface area contributed by atoms with E-state index in [9.17, 15) is 14.5 Å². The lowest BCUT2D eigenvalue weighted by Gasteiger charge is -2.17. The second-order valence-corrected chi connectivity index (χ2v) is 5.18. The van der Waals surface area contributed by atoms with E-state index in [4.69, 9.17) is 9.05 Å². The Morgan fingerprint density at radius 3 is 2.19 bits per heavy atom. The molecule has 0 aliphatic heterocycles. The van der Waals surface area contributed by atoms with Crippen molar-refractivity contribution in [2.75, 3.05) is 26.5 Å². The molecular weight excluding hydrogens is 235 g/mol. The van der Waals surface area contributed by atoms with E-state index in [1.165, 1.54) is 7.11 Å². The minimum Gasteiger partial charge on any atom is -0.467 e. The molecule has 0 aliphatic carbocycles. The Labute approximate surface area is 95.4 Å². The third-order valence-electron chi connectivity index (χ3n) is 1.80. The minimum atomic E-state index is -3.19. The van der Waals surface area contributed by atoms with Crippen LogP contribution in [0.2, 0.25) is 0 Å². The van der Waals surface area contributed by atoms with Crippen LogP contribution in [0.4, 0.5) is 0 Å². The van der Waals surface area contributed by atoms with Crippen molar-refractivity contribution in [2.24, 2.45) is 0 Å². The van der Waals surface area contributed by atoms with Gasteiger partial charge < -0.3 is 18.9 Å². The lowest BCUT2D eigenvalue weighted by molar-refractivity contribution is -0.150. The maximum Gasteiger partial charge on any atom is 0.334 e. The van der Waals surface area contributed by atoms with Gasteiger partial charge in [0.2, 0.25) is 0 Å². The normalized spacial score (nSPS) is 13.5. The average molecular weight is 254 g/mol. The van der Waals surface area contributed by atoms with Crippen molar-refractivity contribution in [2.45, 2.75) is 26.4 Å². The topological polar surface area (TPSA) is 82.1 Å². The number of methoxy groups -OCH3 is 1. The number of carbonyl (C=O) groups is 1. The Morgan fingerprint density at radius 1 is 1.31 bits per heavy atom. The van der Waals surface area contributed by atoms with Gasteiger partial charge in [0.05, 0.1) is 26.5 Å². The monoisotopic (exact) mass is 254 g/mol. The van der Waals surface area contributed by atoms with Gasteiger partial charge in [-0.3, -0.25) is 4.57 Å². The molecule has 0 amide bonds. The van der Waals surface area contributed by atoms with Crippen LogP contribution < -0.4 is 0 Å². The van der Waals surface area contributed by atoms with Crippen LogP contribution in [-0.2, 0) is 23.1 Å². The number of rotatable bonds is 8. The van der Waals surface area contributed by atoms with E-state index in [-0.39, 0.29) is 25.8 Å². The fourth-order valence-electron chi connectivity index (χ4n) is 1.09. The number of ether oxygens (including phenoxy) is 1. The van der Waals surface area contributed by atoms with Gasteiger partial charge in [-0.2, -0.15) is 0 Å². The maximum atomic E-state index is 11.9. The summed E-state index contributed by atoms with van der Waals surface area (Å²) in [6, 6.07) is 0. The highest BCUT2D eigenvalue weighted by Gasteiger charge is 2.27. The molecule has 16 heavy (non-hydrogen) atoms. The largest absolute Gasteiger partial charge is 0.467 e. The smallest absolute Gasteiger partial charge is 0.334 e. The van der Waals surface area contributed by atoms with Crippen molar-refractivity contribution in [3.63, 3.8) is 0 Å². The van der Waals surface area contributed by atoms with Gasteiger partial charge in [-0.15, -0.1) is 0 Å². The number of carbonyl (C=O) groups excluding carboxylic acids is 1. The molecule has 0 heterocycles. The van der Waals surface area contributed by atoms with Crippen LogP contribution in [0.1, 0.15) is 20.3 Å². The average Bonchev–Trinajstić information content (AvgIpc) is 2.25. The highest BCUT2D eigenvalue weighted by atomic mass is 31.2. The first-order chi connectivity index (χ1) is 7.49. The predicted molar refractivity (Wildman–Crippen MR) is 58.4 cm³/mol. The SMILES string of the molecule is CCOP(=O)(CCC(O)C(=O)OC)OCC. The zero-order valence-corrected chi connectivity index (χ0v) is 10.7. The Balaban J connectivity index is 4.21. The molecular formula is C9H19O6P. The molecule has 7 heteroatoms. The van der Waals surface area contributed by atoms with Crippen molar-refractivity contribution in [3.05, 3.63) is 0 Å². The molecule has 0 aromatic rings. The lowest BCUT2D eigenvalue weighted by Crippen LogP contribution is -2.23. The number of hydrogen-bond donors (Lipinski definition) is 1. The summed E-state index contributed by atoms with van der Waals surface area (Å²) < 4.78 is 26.3. The van der Waals surface area contributed by atoms with E-state index < -0.39 is 19.7 Å². The van der Waals surface area contributed by atoms with Gasteiger partial charge in [-0.25, -0.2) is 4.79 Å². The first-order valence-electron chi connectivity index (χ1n) is 5.13. The van der Waals surface area contributed by atoms with Gasteiger partial charge in [-0.1, -0.05) is 0 Å². The van der Waals surface area contributed by atoms with Gasteiger partial charge >= 0.3 is 13.6 Å². The van der Waals surface area contributed by atoms with E-state index in [1.807, 2.05) is 0 Å². The van der Waals surface area contributed by atoms with Crippen LogP contribution in [0.3, 0.4) is 0 Å². The highest BCUT2D eigenvalue weighted by molar-refractivity contribution is 7.53. The van der Waals surface area contributed by atoms with Crippen LogP contribution in [0.5, 0.6) is 0 Å². The molecule has 0 fully saturated rings. The van der Waals surface area contributed by atoms with Crippen molar-refractivity contribution < 1.29 is 28.3 Å². The molecule has 0 aromatic carbocycles. The molecule has 1 N–H and O–H groups in total. The zero-order valence-electron chi connectivity index (χ0n) is 9.84. The lowest BCUT2D eigenvalue weighted by atomic mass is 10.3. The summed E-state index contributed by atoms with van der Waals surface area (Å²) in [5.74, 6) is -0.750. The van der Waals surface area contributed by atoms with Gasteiger partial charge in [-0.05, 0) is 20.3 Å². The first-order valence-corrected chi connectivity index (χ1v) is 6.86. The molecule has 1 unspecified atom stereocenters. The van der Waals surface area contributed by atoms with Crippen LogP contribution in [-0.4, -0.2) is 43.7 Å². The van der Waals surface area contributed by atoms with Crippen molar-refractivity contribution in [3.8, 4) is 0 Å². The van der Waals surface area contributed by atoms with Gasteiger partial charge in [0.25, 0.3) is 0 Å². The van der Waals surface area contributed by atoms with Crippen LogP contribution in [0.25, 0.3) is 0 Å². The summed E-state index contributed by atoms with van der Waals surface area (Å²) in [6.07, 6.45) is -1.31. The molecule has 0 bridgehead atoms. The summed E-state index contributed by atoms with van der Waals surface area (Å²) >= 11 is 0. The third kappa shape index (κ3) is 5.61. The first kappa shape index (κ1) is 15.6. The molecule has 0 saturated heterocycles. The number of aliphatic hydroxyl groups excluding tert-OH is 1. The maximum absolute atomic E-state index is 11.9. The molecule has 0 rings (SSSR count). The van der Waals surface area contributed by atoms with Crippen LogP contribution in [0, 0.1) is 0 Å². The second kappa shape index (κ2) is 7.79. The van der Waals surface area contributed by atoms with Gasteiger partial charge in [0, 0.05) is 0 Å². The third-order valence-corrected chi connectivity index (χ3v) is 3.91. The van der Waals surface area contributed by atoms with Gasteiger partial charge in [0.1, 0.15) is 0 Å². The molecule has 0 spiro atoms. The van der Waals surface area contributed by atoms with Crippen LogP contribution in [0.15, 0.2) is 0 Å². The summed E-state index contributed by atoms with van der Waals surface area (Å²) in [6.45, 7) is 3.90. The molecule has 0 aromatic heterocycles. The summed E-state index contributed by atoms with van der Waals surface area (Å²) in [5, 5.41) is 9.31. The van der Waals surface area contributed by atoms with Crippen molar-refractivity contribution >= 4 is 13.6 Å². The quantitative estimate of drug-likeness (QED) is 0.517. The summed E-state index contributed by atoms with van der Waals surface area (Å²) in [4.78, 5) is 10.9. The Bertz CT molecular complexity index is 244. The van der Waals surface area contributed by atoms with E-state index in [1.54, 1.807) is 13.8 Å². The molecule has 1 atom stereocenters. The minimum absolute atomic E-state index is 0.00898. The summed E-state index contributed by atoms with van der Waals surface area (Å²) in [5.41, 5.74) is 0. The molecule has 6 nitrogen and oxygen atoms in total. The molecule has 96 valence electrons. The summed E-state index contributed by atoms with van der Waals surface area (Å²) in [7, 11) is -2.01. The van der Waals surface area contributed by atoms with E-state index in [0.29, 0.717) is 0 Å². The van der Waals surface area contributed by atoms with Crippen LogP contribution >= 0.6 is 7.60 Å². The van der Waals surface area contributed by atoms with E-state index >= 15 is 0 Å². The highest BCUT2D eigenvalue weighted by Crippen LogP contribution is 2.48. The number of hydrogen-bond acceptors (Lipinski definition) is 6. The van der Waals surface area contributed by atoms with E-state index in [0.717, 1.165) is 0 Å². The van der Waals surface area contributed by atoms with Crippen molar-refractivity contribution in [1.29, 1.82) is 0 Å². The Kier molecular flexibility index (Phi) is 7.58. The molecule has 0 saturated carbocycles. The van der Waals surface area contributed by atoms with E-state index in [2.05, 4.69) is 4.74 Å². The zero-order chi connectivity index (χ0) is 12.6. The Hall–Kier alpha value is -0.420. The van der Waals surface area contributed by atoms with Gasteiger partial charge in [0.15, 0.2) is 6.10 Å². The standard InChI is InChI=1S/C9H19O6P/c1-4-14-16(12,15-5-2)7-6-8(10)9(11)13-3/h8,10H,4-7H2,1-3H3. The molecule has 0 aliphatic rings. The number of esters is 1.